The lowest BCUT2D eigenvalue weighted by atomic mass is 10.1. The van der Waals surface area contributed by atoms with Gasteiger partial charge in [0.2, 0.25) is 0 Å². The fourth-order valence-corrected chi connectivity index (χ4v) is 2.06. The van der Waals surface area contributed by atoms with Crippen molar-refractivity contribution in [2.24, 2.45) is 5.73 Å². The lowest BCUT2D eigenvalue weighted by molar-refractivity contribution is 0.572. The molecule has 0 bridgehead atoms. The maximum Gasteiger partial charge on any atom is 0.0205 e. The van der Waals surface area contributed by atoms with Crippen LogP contribution >= 0.6 is 0 Å². The van der Waals surface area contributed by atoms with Crippen LogP contribution in [0.25, 0.3) is 0 Å². The van der Waals surface area contributed by atoms with Crippen LogP contribution in [0, 0.1) is 0 Å². The van der Waals surface area contributed by atoms with Crippen LogP contribution in [0.2, 0.25) is 0 Å². The summed E-state index contributed by atoms with van der Waals surface area (Å²) in [4.78, 5) is 0. The van der Waals surface area contributed by atoms with Crippen molar-refractivity contribution in [3.63, 3.8) is 0 Å². The zero-order chi connectivity index (χ0) is 13.1. The van der Waals surface area contributed by atoms with Gasteiger partial charge in [0.15, 0.2) is 0 Å². The van der Waals surface area contributed by atoms with Crippen molar-refractivity contribution in [1.82, 2.24) is 5.32 Å². The third-order valence-electron chi connectivity index (χ3n) is 3.29. The normalized spacial score (nSPS) is 10.8. The second-order valence-electron chi connectivity index (χ2n) is 4.97. The van der Waals surface area contributed by atoms with E-state index >= 15 is 0 Å². The molecule has 2 heteroatoms. The van der Waals surface area contributed by atoms with Crippen molar-refractivity contribution >= 4 is 0 Å². The van der Waals surface area contributed by atoms with Gasteiger partial charge in [-0.25, -0.2) is 0 Å². The first kappa shape index (κ1) is 15.2. The van der Waals surface area contributed by atoms with Gasteiger partial charge >= 0.3 is 0 Å². The summed E-state index contributed by atoms with van der Waals surface area (Å²) in [6, 6.07) is 8.55. The Kier molecular flexibility index (Phi) is 8.53. The fourth-order valence-electron chi connectivity index (χ4n) is 2.06. The first-order valence-corrected chi connectivity index (χ1v) is 7.35. The molecule has 2 nitrogen and oxygen atoms in total. The molecule has 102 valence electrons. The molecule has 0 radical (unpaired) electrons. The number of rotatable bonds is 10. The van der Waals surface area contributed by atoms with Gasteiger partial charge in [0.05, 0.1) is 0 Å². The minimum absolute atomic E-state index is 0.630. The maximum atomic E-state index is 5.57. The monoisotopic (exact) mass is 248 g/mol. The zero-order valence-electron chi connectivity index (χ0n) is 11.8. The first-order valence-electron chi connectivity index (χ1n) is 7.35. The first-order chi connectivity index (χ1) is 8.86. The SMILES string of the molecule is CCCCCCCCNCc1ccc(CN)cc1. The Bertz CT molecular complexity index is 292. The molecule has 0 aliphatic rings. The number of benzene rings is 1. The van der Waals surface area contributed by atoms with Crippen LogP contribution in [0.4, 0.5) is 0 Å². The van der Waals surface area contributed by atoms with E-state index in [9.17, 15) is 0 Å². The second kappa shape index (κ2) is 10.1. The van der Waals surface area contributed by atoms with Gasteiger partial charge in [-0.1, -0.05) is 63.3 Å². The Labute approximate surface area is 112 Å². The molecule has 0 saturated heterocycles. The molecule has 0 unspecified atom stereocenters. The van der Waals surface area contributed by atoms with E-state index in [0.717, 1.165) is 13.1 Å². The van der Waals surface area contributed by atoms with E-state index in [1.54, 1.807) is 0 Å². The molecule has 1 aromatic carbocycles. The minimum atomic E-state index is 0.630. The zero-order valence-corrected chi connectivity index (χ0v) is 11.8. The number of hydrogen-bond acceptors (Lipinski definition) is 2. The average molecular weight is 248 g/mol. The van der Waals surface area contributed by atoms with Gasteiger partial charge in [0, 0.05) is 13.1 Å². The van der Waals surface area contributed by atoms with Crippen molar-refractivity contribution < 1.29 is 0 Å². The van der Waals surface area contributed by atoms with Gasteiger partial charge in [-0.05, 0) is 24.1 Å². The van der Waals surface area contributed by atoms with Gasteiger partial charge in [-0.15, -0.1) is 0 Å². The third-order valence-corrected chi connectivity index (χ3v) is 3.29. The molecule has 0 heterocycles. The summed E-state index contributed by atoms with van der Waals surface area (Å²) in [6.07, 6.45) is 8.17. The van der Waals surface area contributed by atoms with E-state index in [-0.39, 0.29) is 0 Å². The molecule has 0 amide bonds. The summed E-state index contributed by atoms with van der Waals surface area (Å²) in [5.74, 6) is 0. The summed E-state index contributed by atoms with van der Waals surface area (Å²) in [5.41, 5.74) is 8.12. The highest BCUT2D eigenvalue weighted by atomic mass is 14.8. The highest BCUT2D eigenvalue weighted by molar-refractivity contribution is 5.22. The lowest BCUT2D eigenvalue weighted by Crippen LogP contribution is -2.14. The Morgan fingerprint density at radius 2 is 1.50 bits per heavy atom. The lowest BCUT2D eigenvalue weighted by Gasteiger charge is -2.06. The highest BCUT2D eigenvalue weighted by Crippen LogP contribution is 2.05. The summed E-state index contributed by atoms with van der Waals surface area (Å²) < 4.78 is 0. The average Bonchev–Trinajstić information content (AvgIpc) is 2.42. The molecular weight excluding hydrogens is 220 g/mol. The molecule has 18 heavy (non-hydrogen) atoms. The maximum absolute atomic E-state index is 5.57. The third kappa shape index (κ3) is 6.77. The summed E-state index contributed by atoms with van der Waals surface area (Å²) in [6.45, 7) is 4.99. The molecule has 3 N–H and O–H groups in total. The fraction of sp³-hybridized carbons (Fsp3) is 0.625. The Balaban J connectivity index is 2.00. The van der Waals surface area contributed by atoms with Crippen LogP contribution in [0.15, 0.2) is 24.3 Å². The molecule has 0 aromatic heterocycles. The van der Waals surface area contributed by atoms with Crippen molar-refractivity contribution in [1.29, 1.82) is 0 Å². The molecule has 0 aliphatic carbocycles. The van der Waals surface area contributed by atoms with E-state index in [2.05, 4.69) is 36.5 Å². The van der Waals surface area contributed by atoms with Crippen LogP contribution in [0.1, 0.15) is 56.6 Å². The Morgan fingerprint density at radius 3 is 2.17 bits per heavy atom. The van der Waals surface area contributed by atoms with E-state index in [1.807, 2.05) is 0 Å². The predicted molar refractivity (Wildman–Crippen MR) is 79.4 cm³/mol. The van der Waals surface area contributed by atoms with Crippen LogP contribution in [0.3, 0.4) is 0 Å². The molecule has 1 aromatic rings. The van der Waals surface area contributed by atoms with Crippen molar-refractivity contribution in [3.8, 4) is 0 Å². The van der Waals surface area contributed by atoms with E-state index < -0.39 is 0 Å². The Morgan fingerprint density at radius 1 is 0.889 bits per heavy atom. The molecule has 1 rings (SSSR count). The van der Waals surface area contributed by atoms with Crippen LogP contribution in [0.5, 0.6) is 0 Å². The van der Waals surface area contributed by atoms with Gasteiger partial charge < -0.3 is 11.1 Å². The predicted octanol–water partition coefficient (Wildman–Crippen LogP) is 3.60. The van der Waals surface area contributed by atoms with Crippen molar-refractivity contribution in [2.75, 3.05) is 6.54 Å². The van der Waals surface area contributed by atoms with Crippen LogP contribution < -0.4 is 11.1 Å². The van der Waals surface area contributed by atoms with Gasteiger partial charge in [-0.2, -0.15) is 0 Å². The smallest absolute Gasteiger partial charge is 0.0205 e. The summed E-state index contributed by atoms with van der Waals surface area (Å²) in [5, 5.41) is 3.50. The van der Waals surface area contributed by atoms with E-state index in [0.29, 0.717) is 6.54 Å². The molecule has 0 spiro atoms. The summed E-state index contributed by atoms with van der Waals surface area (Å²) >= 11 is 0. The molecule has 0 saturated carbocycles. The molecule has 0 fully saturated rings. The van der Waals surface area contributed by atoms with E-state index in [1.165, 1.54) is 49.7 Å². The highest BCUT2D eigenvalue weighted by Gasteiger charge is 1.94. The number of unbranched alkanes of at least 4 members (excludes halogenated alkanes) is 5. The number of nitrogens with two attached hydrogens (primary N) is 1. The number of nitrogens with one attached hydrogen (secondary N) is 1. The second-order valence-corrected chi connectivity index (χ2v) is 4.97. The molecule has 0 aliphatic heterocycles. The topological polar surface area (TPSA) is 38.0 Å². The quantitative estimate of drug-likeness (QED) is 0.621. The van der Waals surface area contributed by atoms with Crippen molar-refractivity contribution in [2.45, 2.75) is 58.5 Å². The molecule has 0 atom stereocenters. The largest absolute Gasteiger partial charge is 0.326 e. The van der Waals surface area contributed by atoms with Crippen molar-refractivity contribution in [3.05, 3.63) is 35.4 Å². The van der Waals surface area contributed by atoms with Gasteiger partial charge in [0.25, 0.3) is 0 Å². The standard InChI is InChI=1S/C16H28N2/c1-2-3-4-5-6-7-12-18-14-16-10-8-15(13-17)9-11-16/h8-11,18H,2-7,12-14,17H2,1H3. The van der Waals surface area contributed by atoms with Gasteiger partial charge in [0.1, 0.15) is 0 Å². The number of hydrogen-bond donors (Lipinski definition) is 2. The van der Waals surface area contributed by atoms with Crippen LogP contribution in [-0.2, 0) is 13.1 Å². The molecular formula is C16H28N2. The van der Waals surface area contributed by atoms with E-state index in [4.69, 9.17) is 5.73 Å². The minimum Gasteiger partial charge on any atom is -0.326 e. The van der Waals surface area contributed by atoms with Crippen LogP contribution in [-0.4, -0.2) is 6.54 Å². The summed E-state index contributed by atoms with van der Waals surface area (Å²) in [7, 11) is 0. The Hall–Kier alpha value is -0.860. The van der Waals surface area contributed by atoms with Gasteiger partial charge in [-0.3, -0.25) is 0 Å².